The molecule has 42 heavy (non-hydrogen) atoms. The fraction of sp³-hybridized carbons (Fsp3) is 0.200. The molecule has 0 saturated carbocycles. The molecule has 4 aromatic carbocycles. The summed E-state index contributed by atoms with van der Waals surface area (Å²) >= 11 is 0. The zero-order chi connectivity index (χ0) is 29.9. The summed E-state index contributed by atoms with van der Waals surface area (Å²) < 4.78 is 18.2. The van der Waals surface area contributed by atoms with Gasteiger partial charge in [0.1, 0.15) is 30.2 Å². The molecule has 12 nitrogen and oxygen atoms in total. The molecule has 0 aliphatic carbocycles. The van der Waals surface area contributed by atoms with Crippen molar-refractivity contribution >= 4 is 0 Å². The third kappa shape index (κ3) is 4.38. The predicted molar refractivity (Wildman–Crippen MR) is 143 cm³/mol. The summed E-state index contributed by atoms with van der Waals surface area (Å²) in [5.74, 6) is -3.60. The molecule has 2 heterocycles. The lowest BCUT2D eigenvalue weighted by molar-refractivity contribution is -0.175. The number of fused-ring (bicyclic) bond motifs is 2. The monoisotopic (exact) mass is 578 g/mol. The van der Waals surface area contributed by atoms with E-state index in [-0.39, 0.29) is 33.9 Å². The van der Waals surface area contributed by atoms with E-state index in [1.165, 1.54) is 60.7 Å². The van der Waals surface area contributed by atoms with Crippen molar-refractivity contribution < 1.29 is 60.2 Å². The van der Waals surface area contributed by atoms with E-state index in [4.69, 9.17) is 14.2 Å². The predicted octanol–water partition coefficient (Wildman–Crippen LogP) is 3.41. The van der Waals surface area contributed by atoms with Crippen molar-refractivity contribution in [3.8, 4) is 51.7 Å². The zero-order valence-corrected chi connectivity index (χ0v) is 21.6. The molecule has 0 amide bonds. The summed E-state index contributed by atoms with van der Waals surface area (Å²) in [5.41, 5.74) is 0.837. The van der Waals surface area contributed by atoms with Crippen LogP contribution in [0.4, 0.5) is 0 Å². The molecule has 4 aromatic rings. The third-order valence-corrected chi connectivity index (χ3v) is 7.47. The van der Waals surface area contributed by atoms with Gasteiger partial charge in [-0.15, -0.1) is 0 Å². The minimum absolute atomic E-state index is 0.0333. The Balaban J connectivity index is 1.46. The van der Waals surface area contributed by atoms with Crippen molar-refractivity contribution in [1.29, 1.82) is 0 Å². The van der Waals surface area contributed by atoms with Gasteiger partial charge in [0.2, 0.25) is 11.5 Å². The maximum absolute atomic E-state index is 11.6. The number of phenols is 7. The van der Waals surface area contributed by atoms with Crippen molar-refractivity contribution in [3.05, 3.63) is 89.0 Å². The second-order valence-electron chi connectivity index (χ2n) is 10.1. The number of benzene rings is 4. The van der Waals surface area contributed by atoms with Gasteiger partial charge in [-0.2, -0.15) is 0 Å². The standard InChI is InChI=1S/C30H26O12/c31-14-4-1-12(2-5-14)25-23(38)29(15-6-9-18(33)21(36)27(15)40-25)42-30-16-7-10-19(34)22(37)28(16)41-26(24(30)39)13-3-8-17(32)20(35)11-13/h1-11,23-26,29-39H/t23-,24-,25+,26+,29-,30-/m0/s1. The van der Waals surface area contributed by atoms with E-state index in [0.717, 1.165) is 6.07 Å². The Kier molecular flexibility index (Phi) is 6.53. The first kappa shape index (κ1) is 27.1. The maximum atomic E-state index is 11.6. The van der Waals surface area contributed by atoms with E-state index < -0.39 is 71.1 Å². The Morgan fingerprint density at radius 3 is 1.45 bits per heavy atom. The van der Waals surface area contributed by atoms with Crippen molar-refractivity contribution in [2.75, 3.05) is 0 Å². The summed E-state index contributed by atoms with van der Waals surface area (Å²) in [7, 11) is 0. The highest BCUT2D eigenvalue weighted by molar-refractivity contribution is 5.58. The quantitative estimate of drug-likeness (QED) is 0.160. The summed E-state index contributed by atoms with van der Waals surface area (Å²) in [6.45, 7) is 0. The van der Waals surface area contributed by atoms with Crippen LogP contribution in [0, 0.1) is 0 Å². The molecule has 0 bridgehead atoms. The van der Waals surface area contributed by atoms with Crippen molar-refractivity contribution in [2.45, 2.75) is 36.6 Å². The zero-order valence-electron chi connectivity index (χ0n) is 21.6. The molecular formula is C30H26O12. The first-order chi connectivity index (χ1) is 20.0. The molecule has 6 atom stereocenters. The third-order valence-electron chi connectivity index (χ3n) is 7.47. The average molecular weight is 579 g/mol. The van der Waals surface area contributed by atoms with Gasteiger partial charge in [0.05, 0.1) is 0 Å². The molecule has 9 N–H and O–H groups in total. The van der Waals surface area contributed by atoms with Gasteiger partial charge in [0, 0.05) is 11.1 Å². The van der Waals surface area contributed by atoms with E-state index >= 15 is 0 Å². The Morgan fingerprint density at radius 1 is 0.500 bits per heavy atom. The van der Waals surface area contributed by atoms with Crippen molar-refractivity contribution in [1.82, 2.24) is 0 Å². The molecule has 2 aliphatic heterocycles. The summed E-state index contributed by atoms with van der Waals surface area (Å²) in [6.07, 6.45) is -8.12. The number of aliphatic hydroxyl groups is 2. The van der Waals surface area contributed by atoms with Crippen molar-refractivity contribution in [2.24, 2.45) is 0 Å². The van der Waals surface area contributed by atoms with Crippen molar-refractivity contribution in [3.63, 3.8) is 0 Å². The Morgan fingerprint density at radius 2 is 0.952 bits per heavy atom. The highest BCUT2D eigenvalue weighted by Crippen LogP contribution is 2.55. The van der Waals surface area contributed by atoms with Gasteiger partial charge in [-0.3, -0.25) is 0 Å². The molecular weight excluding hydrogens is 552 g/mol. The normalized spacial score (nSPS) is 24.6. The van der Waals surface area contributed by atoms with Crippen LogP contribution in [0.3, 0.4) is 0 Å². The molecule has 0 radical (unpaired) electrons. The average Bonchev–Trinajstić information content (AvgIpc) is 2.97. The van der Waals surface area contributed by atoms with Gasteiger partial charge in [-0.05, 0) is 59.7 Å². The molecule has 0 saturated heterocycles. The number of hydrogen-bond acceptors (Lipinski definition) is 12. The number of ether oxygens (including phenoxy) is 3. The topological polar surface area (TPSA) is 210 Å². The van der Waals surface area contributed by atoms with Crippen LogP contribution in [0.25, 0.3) is 0 Å². The first-order valence-electron chi connectivity index (χ1n) is 12.8. The first-order valence-corrected chi connectivity index (χ1v) is 12.8. The Hall–Kier alpha value is -5.04. The van der Waals surface area contributed by atoms with Crippen LogP contribution in [-0.2, 0) is 4.74 Å². The van der Waals surface area contributed by atoms with E-state index in [1.807, 2.05) is 0 Å². The van der Waals surface area contributed by atoms with E-state index in [2.05, 4.69) is 0 Å². The fourth-order valence-corrected chi connectivity index (χ4v) is 5.30. The van der Waals surface area contributed by atoms with Crippen LogP contribution in [-0.4, -0.2) is 58.2 Å². The minimum atomic E-state index is -1.54. The number of rotatable bonds is 4. The molecule has 0 unspecified atom stereocenters. The number of hydrogen-bond donors (Lipinski definition) is 9. The molecule has 0 aromatic heterocycles. The molecule has 6 rings (SSSR count). The van der Waals surface area contributed by atoms with Gasteiger partial charge in [0.25, 0.3) is 0 Å². The van der Waals surface area contributed by atoms with E-state index in [0.29, 0.717) is 5.56 Å². The van der Waals surface area contributed by atoms with Gasteiger partial charge in [-0.25, -0.2) is 0 Å². The highest BCUT2D eigenvalue weighted by Gasteiger charge is 2.47. The Labute approximate surface area is 237 Å². The number of phenolic OH excluding ortho intramolecular Hbond substituents is 7. The second-order valence-corrected chi connectivity index (χ2v) is 10.1. The van der Waals surface area contributed by atoms with Crippen LogP contribution in [0.5, 0.6) is 51.7 Å². The summed E-state index contributed by atoms with van der Waals surface area (Å²) in [4.78, 5) is 0. The molecule has 0 spiro atoms. The van der Waals surface area contributed by atoms with Gasteiger partial charge >= 0.3 is 0 Å². The second kappa shape index (κ2) is 10.1. The molecule has 12 heteroatoms. The highest BCUT2D eigenvalue weighted by atomic mass is 16.6. The summed E-state index contributed by atoms with van der Waals surface area (Å²) in [6, 6.07) is 14.6. The maximum Gasteiger partial charge on any atom is 0.200 e. The lowest BCUT2D eigenvalue weighted by Gasteiger charge is -2.42. The number of aliphatic hydroxyl groups excluding tert-OH is 2. The van der Waals surface area contributed by atoms with E-state index in [1.54, 1.807) is 0 Å². The van der Waals surface area contributed by atoms with Gasteiger partial charge in [-0.1, -0.05) is 18.2 Å². The van der Waals surface area contributed by atoms with Crippen LogP contribution in [0.15, 0.2) is 66.7 Å². The summed E-state index contributed by atoms with van der Waals surface area (Å²) in [5, 5.41) is 94.3. The van der Waals surface area contributed by atoms with Crippen LogP contribution >= 0.6 is 0 Å². The van der Waals surface area contributed by atoms with Crippen LogP contribution < -0.4 is 9.47 Å². The fourth-order valence-electron chi connectivity index (χ4n) is 5.30. The van der Waals surface area contributed by atoms with E-state index in [9.17, 15) is 46.0 Å². The SMILES string of the molecule is Oc1ccc([C@H]2Oc3c(ccc(O)c3O)[C@H](O[C@H]3c4ccc(O)c(O)c4O[C@H](c4ccc(O)c(O)c4)[C@@H]3O)[C@H]2O)cc1. The van der Waals surface area contributed by atoms with Gasteiger partial charge < -0.3 is 60.2 Å². The van der Waals surface area contributed by atoms with Gasteiger partial charge in [0.15, 0.2) is 46.7 Å². The number of aromatic hydroxyl groups is 7. The lowest BCUT2D eigenvalue weighted by Crippen LogP contribution is -2.41. The molecule has 2 aliphatic rings. The van der Waals surface area contributed by atoms with Crippen LogP contribution in [0.1, 0.15) is 46.7 Å². The lowest BCUT2D eigenvalue weighted by atomic mass is 9.89. The largest absolute Gasteiger partial charge is 0.508 e. The van der Waals surface area contributed by atoms with Crippen LogP contribution in [0.2, 0.25) is 0 Å². The minimum Gasteiger partial charge on any atom is -0.508 e. The smallest absolute Gasteiger partial charge is 0.200 e. The molecule has 218 valence electrons. The molecule has 0 fully saturated rings. The Bertz CT molecular complexity index is 1650.